The predicted molar refractivity (Wildman–Crippen MR) is 75.7 cm³/mol. The lowest BCUT2D eigenvalue weighted by molar-refractivity contribution is -0.384. The molecule has 2 aromatic rings. The Hall–Kier alpha value is -2.52. The van der Waals surface area contributed by atoms with Crippen molar-refractivity contribution in [1.82, 2.24) is 4.98 Å². The second-order valence-corrected chi connectivity index (χ2v) is 4.71. The molecule has 0 aliphatic rings. The van der Waals surface area contributed by atoms with Crippen LogP contribution in [0.4, 0.5) is 16.5 Å². The Morgan fingerprint density at radius 1 is 1.50 bits per heavy atom. The van der Waals surface area contributed by atoms with Crippen molar-refractivity contribution in [3.63, 3.8) is 0 Å². The van der Waals surface area contributed by atoms with E-state index in [1.54, 1.807) is 12.3 Å². The molecule has 0 atom stereocenters. The molecule has 2 rings (SSSR count). The number of amides is 1. The van der Waals surface area contributed by atoms with Crippen LogP contribution in [-0.4, -0.2) is 15.8 Å². The quantitative estimate of drug-likeness (QED) is 0.449. The molecule has 0 fully saturated rings. The van der Waals surface area contributed by atoms with Crippen LogP contribution in [0, 0.1) is 17.0 Å². The SMILES string of the molecule is Cc1csc(NC(=O)c2cccc([N+](=O)[O-])c2NN)n1. The molecule has 8 nitrogen and oxygen atoms in total. The van der Waals surface area contributed by atoms with Crippen LogP contribution in [0.2, 0.25) is 0 Å². The van der Waals surface area contributed by atoms with Gasteiger partial charge in [-0.15, -0.1) is 11.3 Å². The molecular weight excluding hydrogens is 282 g/mol. The number of benzene rings is 1. The molecule has 4 N–H and O–H groups in total. The number of thiazole rings is 1. The van der Waals surface area contributed by atoms with Crippen LogP contribution < -0.4 is 16.6 Å². The topological polar surface area (TPSA) is 123 Å². The second kappa shape index (κ2) is 5.63. The smallest absolute Gasteiger partial charge is 0.294 e. The van der Waals surface area contributed by atoms with Gasteiger partial charge in [-0.1, -0.05) is 6.07 Å². The van der Waals surface area contributed by atoms with Crippen LogP contribution in [0.1, 0.15) is 16.1 Å². The predicted octanol–water partition coefficient (Wildman–Crippen LogP) is 1.90. The lowest BCUT2D eigenvalue weighted by Crippen LogP contribution is -2.18. The fourth-order valence-corrected chi connectivity index (χ4v) is 2.29. The molecule has 1 aromatic heterocycles. The van der Waals surface area contributed by atoms with Crippen LogP contribution in [0.15, 0.2) is 23.6 Å². The molecule has 1 amide bonds. The molecule has 1 aromatic carbocycles. The van der Waals surface area contributed by atoms with E-state index in [0.29, 0.717) is 5.13 Å². The zero-order valence-electron chi connectivity index (χ0n) is 10.4. The number of hydrazine groups is 1. The molecule has 0 unspecified atom stereocenters. The third-order valence-electron chi connectivity index (χ3n) is 2.47. The number of para-hydroxylation sites is 1. The van der Waals surface area contributed by atoms with Crippen LogP contribution in [0.3, 0.4) is 0 Å². The van der Waals surface area contributed by atoms with E-state index in [9.17, 15) is 14.9 Å². The third-order valence-corrected chi connectivity index (χ3v) is 3.34. The minimum atomic E-state index is -0.612. The van der Waals surface area contributed by atoms with Gasteiger partial charge in [0.2, 0.25) is 0 Å². The first-order chi connectivity index (χ1) is 9.52. The number of aromatic nitrogens is 1. The highest BCUT2D eigenvalue weighted by atomic mass is 32.1. The maximum Gasteiger partial charge on any atom is 0.294 e. The summed E-state index contributed by atoms with van der Waals surface area (Å²) in [6.45, 7) is 1.80. The number of nitro benzene ring substituents is 1. The highest BCUT2D eigenvalue weighted by Crippen LogP contribution is 2.28. The van der Waals surface area contributed by atoms with Gasteiger partial charge in [0.05, 0.1) is 16.2 Å². The van der Waals surface area contributed by atoms with Crippen molar-refractivity contribution in [2.75, 3.05) is 10.7 Å². The number of nitrogens with one attached hydrogen (secondary N) is 2. The van der Waals surface area contributed by atoms with Crippen molar-refractivity contribution in [2.45, 2.75) is 6.92 Å². The van der Waals surface area contributed by atoms with E-state index < -0.39 is 10.8 Å². The molecule has 0 radical (unpaired) electrons. The Labute approximate surface area is 117 Å². The number of carbonyl (C=O) groups excluding carboxylic acids is 1. The standard InChI is InChI=1S/C11H11N5O3S/c1-6-5-20-11(13-6)14-10(17)7-3-2-4-8(16(18)19)9(7)15-12/h2-5,15H,12H2,1H3,(H,13,14,17). The minimum Gasteiger partial charge on any atom is -0.318 e. The number of nitrogens with zero attached hydrogens (tertiary/aromatic N) is 2. The van der Waals surface area contributed by atoms with Crippen molar-refractivity contribution >= 4 is 33.8 Å². The second-order valence-electron chi connectivity index (χ2n) is 3.85. The fraction of sp³-hybridized carbons (Fsp3) is 0.0909. The minimum absolute atomic E-state index is 0.0386. The van der Waals surface area contributed by atoms with E-state index in [4.69, 9.17) is 5.84 Å². The number of anilines is 2. The molecule has 0 saturated heterocycles. The van der Waals surface area contributed by atoms with Gasteiger partial charge in [0.15, 0.2) is 5.13 Å². The number of carbonyl (C=O) groups is 1. The number of hydrogen-bond donors (Lipinski definition) is 3. The van der Waals surface area contributed by atoms with Gasteiger partial charge in [0.25, 0.3) is 11.6 Å². The van der Waals surface area contributed by atoms with Crippen molar-refractivity contribution in [1.29, 1.82) is 0 Å². The first-order valence-electron chi connectivity index (χ1n) is 5.50. The Bertz CT molecular complexity index is 670. The number of aryl methyl sites for hydroxylation is 1. The van der Waals surface area contributed by atoms with E-state index in [1.807, 2.05) is 0 Å². The Balaban J connectivity index is 2.34. The summed E-state index contributed by atoms with van der Waals surface area (Å²) >= 11 is 1.27. The van der Waals surface area contributed by atoms with Gasteiger partial charge in [-0.25, -0.2) is 4.98 Å². The van der Waals surface area contributed by atoms with E-state index in [2.05, 4.69) is 15.7 Å². The van der Waals surface area contributed by atoms with Crippen molar-refractivity contribution < 1.29 is 9.72 Å². The number of nitro groups is 1. The molecule has 104 valence electrons. The average molecular weight is 293 g/mol. The van der Waals surface area contributed by atoms with Crippen LogP contribution in [0.25, 0.3) is 0 Å². The van der Waals surface area contributed by atoms with Gasteiger partial charge in [-0.2, -0.15) is 0 Å². The average Bonchev–Trinajstić information content (AvgIpc) is 2.82. The Morgan fingerprint density at radius 2 is 2.25 bits per heavy atom. The summed E-state index contributed by atoms with van der Waals surface area (Å²) < 4.78 is 0. The maximum absolute atomic E-state index is 12.1. The van der Waals surface area contributed by atoms with Crippen LogP contribution in [-0.2, 0) is 0 Å². The summed E-state index contributed by atoms with van der Waals surface area (Å²) in [5.41, 5.74) is 2.75. The van der Waals surface area contributed by atoms with Crippen LogP contribution >= 0.6 is 11.3 Å². The van der Waals surface area contributed by atoms with Crippen molar-refractivity contribution in [3.8, 4) is 0 Å². The summed E-state index contributed by atoms with van der Waals surface area (Å²) in [5.74, 6) is 4.76. The normalized spacial score (nSPS) is 10.1. The van der Waals surface area contributed by atoms with Crippen molar-refractivity contribution in [2.24, 2.45) is 5.84 Å². The number of nitrogens with two attached hydrogens (primary N) is 1. The molecule has 0 saturated carbocycles. The largest absolute Gasteiger partial charge is 0.318 e. The van der Waals surface area contributed by atoms with Gasteiger partial charge in [-0.3, -0.25) is 26.1 Å². The first kappa shape index (κ1) is 13.9. The van der Waals surface area contributed by atoms with Gasteiger partial charge in [-0.05, 0) is 13.0 Å². The summed E-state index contributed by atoms with van der Waals surface area (Å²) in [6, 6.07) is 4.12. The molecule has 0 spiro atoms. The summed E-state index contributed by atoms with van der Waals surface area (Å²) in [5, 5.41) is 15.7. The summed E-state index contributed by atoms with van der Waals surface area (Å²) in [7, 11) is 0. The van der Waals surface area contributed by atoms with Gasteiger partial charge < -0.3 is 5.43 Å². The molecule has 0 bridgehead atoms. The molecular formula is C11H11N5O3S. The zero-order chi connectivity index (χ0) is 14.7. The first-order valence-corrected chi connectivity index (χ1v) is 6.38. The Kier molecular flexibility index (Phi) is 3.91. The van der Waals surface area contributed by atoms with Gasteiger partial charge in [0.1, 0.15) is 5.69 Å². The van der Waals surface area contributed by atoms with Crippen molar-refractivity contribution in [3.05, 3.63) is 45.0 Å². The third kappa shape index (κ3) is 2.73. The monoisotopic (exact) mass is 293 g/mol. The number of nitrogen functional groups attached to an aromatic ring is 1. The van der Waals surface area contributed by atoms with Gasteiger partial charge in [0, 0.05) is 11.4 Å². The van der Waals surface area contributed by atoms with E-state index >= 15 is 0 Å². The highest BCUT2D eigenvalue weighted by Gasteiger charge is 2.21. The molecule has 9 heteroatoms. The lowest BCUT2D eigenvalue weighted by atomic mass is 10.1. The molecule has 0 aliphatic heterocycles. The summed E-state index contributed by atoms with van der Waals surface area (Å²) in [6.07, 6.45) is 0. The number of rotatable bonds is 4. The number of hydrogen-bond acceptors (Lipinski definition) is 7. The maximum atomic E-state index is 12.1. The van der Waals surface area contributed by atoms with E-state index in [0.717, 1.165) is 5.69 Å². The molecule has 0 aliphatic carbocycles. The fourth-order valence-electron chi connectivity index (χ4n) is 1.61. The Morgan fingerprint density at radius 3 is 2.80 bits per heavy atom. The van der Waals surface area contributed by atoms with Crippen LogP contribution in [0.5, 0.6) is 0 Å². The van der Waals surface area contributed by atoms with E-state index in [-0.39, 0.29) is 16.9 Å². The highest BCUT2D eigenvalue weighted by molar-refractivity contribution is 7.13. The van der Waals surface area contributed by atoms with Gasteiger partial charge >= 0.3 is 0 Å². The lowest BCUT2D eigenvalue weighted by Gasteiger charge is -2.08. The zero-order valence-corrected chi connectivity index (χ0v) is 11.2. The molecule has 1 heterocycles. The van der Waals surface area contributed by atoms with E-state index in [1.165, 1.54) is 29.5 Å². The molecule has 20 heavy (non-hydrogen) atoms. The summed E-state index contributed by atoms with van der Waals surface area (Å²) in [4.78, 5) is 26.5.